The second-order valence-corrected chi connectivity index (χ2v) is 4.85. The summed E-state index contributed by atoms with van der Waals surface area (Å²) in [4.78, 5) is 12.5. The Kier molecular flexibility index (Phi) is 14.2. The molecule has 0 amide bonds. The Labute approximate surface area is 132 Å². The molecule has 0 saturated heterocycles. The Bertz CT molecular complexity index is 248. The van der Waals surface area contributed by atoms with Gasteiger partial charge in [-0.15, -0.1) is 0 Å². The van der Waals surface area contributed by atoms with Gasteiger partial charge in [0.1, 0.15) is 0 Å². The number of rotatable bonds is 8. The number of hydrogen-bond donors (Lipinski definition) is 1. The van der Waals surface area contributed by atoms with Crippen LogP contribution < -0.4 is 0 Å². The molecule has 0 aliphatic heterocycles. The monoisotopic (exact) mass is 258 g/mol. The third kappa shape index (κ3) is 11.8. The molecule has 0 aromatic heterocycles. The average Bonchev–Trinajstić information content (AvgIpc) is 2.35. The van der Waals surface area contributed by atoms with Gasteiger partial charge in [-0.1, -0.05) is 13.8 Å². The summed E-state index contributed by atoms with van der Waals surface area (Å²) < 4.78 is 0. The molecule has 0 aromatic rings. The van der Waals surface area contributed by atoms with Crippen LogP contribution in [0.3, 0.4) is 0 Å². The summed E-state index contributed by atoms with van der Waals surface area (Å²) in [5, 5.41) is 8.55. The quantitative estimate of drug-likeness (QED) is 0.493. The van der Waals surface area contributed by atoms with E-state index < -0.39 is 18.7 Å². The first kappa shape index (κ1) is 22.3. The van der Waals surface area contributed by atoms with Crippen molar-refractivity contribution in [2.45, 2.75) is 20.3 Å². The van der Waals surface area contributed by atoms with Crippen molar-refractivity contribution in [3.8, 4) is 0 Å². The minimum Gasteiger partial charge on any atom is -0.481 e. The minimum absolute atomic E-state index is 0.219. The van der Waals surface area contributed by atoms with Gasteiger partial charge in [0.2, 0.25) is 0 Å². The number of aliphatic carboxylic acids is 1. The van der Waals surface area contributed by atoms with Crippen molar-refractivity contribution >= 4 is 70.9 Å². The standard InChI is InChI=1S/C8H17NO2.B9/c1-4-9(3)6-5-7(2)8(10)11;1-6-9(7(2)3)8(4)5/h7H,4-6H2,1-3H3,(H,10,11);. The molecular formula is C8H17B9NO2. The topological polar surface area (TPSA) is 40.5 Å². The van der Waals surface area contributed by atoms with Crippen molar-refractivity contribution in [2.75, 3.05) is 20.1 Å². The summed E-state index contributed by atoms with van der Waals surface area (Å²) in [6, 6.07) is 0. The van der Waals surface area contributed by atoms with E-state index in [1.807, 2.05) is 7.05 Å². The van der Waals surface area contributed by atoms with Gasteiger partial charge in [0, 0.05) is 64.9 Å². The first-order valence-corrected chi connectivity index (χ1v) is 6.66. The van der Waals surface area contributed by atoms with Crippen LogP contribution in [0.25, 0.3) is 0 Å². The number of carboxylic acid groups (broad SMARTS) is 1. The van der Waals surface area contributed by atoms with E-state index in [2.05, 4.69) is 11.8 Å². The molecule has 3 nitrogen and oxygen atoms in total. The second kappa shape index (κ2) is 12.7. The molecule has 0 aliphatic rings. The van der Waals surface area contributed by atoms with E-state index in [1.54, 1.807) is 6.92 Å². The van der Waals surface area contributed by atoms with Gasteiger partial charge in [-0.05, 0) is 26.6 Å². The number of hydrogen-bond acceptors (Lipinski definition) is 2. The molecule has 12 heteroatoms. The maximum absolute atomic E-state index is 10.4. The zero-order valence-electron chi connectivity index (χ0n) is 12.7. The van der Waals surface area contributed by atoms with Gasteiger partial charge in [0.25, 0.3) is 0 Å². The fraction of sp³-hybridized carbons (Fsp3) is 0.875. The maximum atomic E-state index is 10.4. The smallest absolute Gasteiger partial charge is 0.306 e. The summed E-state index contributed by atoms with van der Waals surface area (Å²) in [7, 11) is 29.5. The predicted molar refractivity (Wildman–Crippen MR) is 96.4 cm³/mol. The lowest BCUT2D eigenvalue weighted by Gasteiger charge is -2.17. The van der Waals surface area contributed by atoms with Gasteiger partial charge < -0.3 is 10.0 Å². The summed E-state index contributed by atoms with van der Waals surface area (Å²) in [5.41, 5.74) is 0. The highest BCUT2D eigenvalue weighted by atomic mass is 16.4. The van der Waals surface area contributed by atoms with Gasteiger partial charge in [0.05, 0.1) is 5.92 Å². The predicted octanol–water partition coefficient (Wildman–Crippen LogP) is -2.38. The second-order valence-electron chi connectivity index (χ2n) is 4.85. The third-order valence-corrected chi connectivity index (χ3v) is 3.02. The lowest BCUT2D eigenvalue weighted by Crippen LogP contribution is -2.55. The van der Waals surface area contributed by atoms with Gasteiger partial charge >= 0.3 is 5.97 Å². The van der Waals surface area contributed by atoms with Crippen molar-refractivity contribution in [2.24, 2.45) is 5.92 Å². The largest absolute Gasteiger partial charge is 0.481 e. The Balaban J connectivity index is 0. The molecule has 0 spiro atoms. The van der Waals surface area contributed by atoms with E-state index in [0.29, 0.717) is 0 Å². The zero-order valence-corrected chi connectivity index (χ0v) is 12.7. The van der Waals surface area contributed by atoms with Crippen LogP contribution in [0.4, 0.5) is 0 Å². The van der Waals surface area contributed by atoms with Crippen molar-refractivity contribution in [1.29, 1.82) is 0 Å². The number of nitrogens with zero attached hydrogens (tertiary/aromatic N) is 1. The van der Waals surface area contributed by atoms with Crippen LogP contribution in [-0.2, 0) is 4.79 Å². The van der Waals surface area contributed by atoms with Crippen molar-refractivity contribution in [1.82, 2.24) is 4.90 Å². The SMILES string of the molecule is CCN(C)CCC(C)C(=O)O.[B][B]B(B([B])[B])B([B])[B]. The Morgan fingerprint density at radius 3 is 1.95 bits per heavy atom. The molecule has 0 aliphatic carbocycles. The molecule has 1 N–H and O–H groups in total. The molecule has 1 unspecified atom stereocenters. The highest BCUT2D eigenvalue weighted by molar-refractivity contribution is 7.93. The Morgan fingerprint density at radius 2 is 1.75 bits per heavy atom. The molecule has 0 bridgehead atoms. The van der Waals surface area contributed by atoms with Crippen LogP contribution in [0.5, 0.6) is 0 Å². The summed E-state index contributed by atoms with van der Waals surface area (Å²) in [5.74, 6) is -0.918. The fourth-order valence-corrected chi connectivity index (χ4v) is 1.21. The van der Waals surface area contributed by atoms with E-state index in [-0.39, 0.29) is 12.3 Å². The third-order valence-electron chi connectivity index (χ3n) is 3.02. The highest BCUT2D eigenvalue weighted by Crippen LogP contribution is 2.02. The van der Waals surface area contributed by atoms with Gasteiger partial charge in [0.15, 0.2) is 0 Å². The first-order valence-electron chi connectivity index (χ1n) is 6.66. The summed E-state index contributed by atoms with van der Waals surface area (Å²) in [6.45, 7) is 5.65. The molecule has 1 atom stereocenters. The van der Waals surface area contributed by atoms with E-state index >= 15 is 0 Å². The van der Waals surface area contributed by atoms with E-state index in [4.69, 9.17) is 43.8 Å². The van der Waals surface area contributed by atoms with Crippen LogP contribution in [0.1, 0.15) is 20.3 Å². The lowest BCUT2D eigenvalue weighted by molar-refractivity contribution is -0.141. The van der Waals surface area contributed by atoms with Crippen LogP contribution in [-0.4, -0.2) is 101 Å². The van der Waals surface area contributed by atoms with E-state index in [1.165, 1.54) is 7.06 Å². The molecule has 93 valence electrons. The van der Waals surface area contributed by atoms with E-state index in [9.17, 15) is 4.79 Å². The molecule has 0 fully saturated rings. The molecule has 0 rings (SSSR count). The molecule has 0 saturated carbocycles. The van der Waals surface area contributed by atoms with Crippen LogP contribution in [0.2, 0.25) is 0 Å². The number of carboxylic acids is 1. The zero-order chi connectivity index (χ0) is 16.3. The van der Waals surface area contributed by atoms with Crippen molar-refractivity contribution in [3.05, 3.63) is 0 Å². The van der Waals surface area contributed by atoms with Crippen LogP contribution >= 0.6 is 0 Å². The Morgan fingerprint density at radius 1 is 1.30 bits per heavy atom. The van der Waals surface area contributed by atoms with Crippen LogP contribution in [0, 0.1) is 5.92 Å². The average molecular weight is 257 g/mol. The fourth-order valence-electron chi connectivity index (χ4n) is 1.21. The maximum Gasteiger partial charge on any atom is 0.306 e. The molecule has 0 aromatic carbocycles. The molecule has 0 heterocycles. The van der Waals surface area contributed by atoms with Crippen molar-refractivity contribution in [3.63, 3.8) is 0 Å². The van der Waals surface area contributed by atoms with Crippen LogP contribution in [0.15, 0.2) is 0 Å². The van der Waals surface area contributed by atoms with Crippen molar-refractivity contribution < 1.29 is 9.90 Å². The molecular weight excluding hydrogens is 239 g/mol. The van der Waals surface area contributed by atoms with Gasteiger partial charge in [-0.3, -0.25) is 4.79 Å². The normalized spacial score (nSPS) is 11.0. The van der Waals surface area contributed by atoms with Gasteiger partial charge in [-0.25, -0.2) is 0 Å². The lowest BCUT2D eigenvalue weighted by atomic mass is 8.64. The Hall–Kier alpha value is 0.0144. The molecule has 20 heavy (non-hydrogen) atoms. The van der Waals surface area contributed by atoms with E-state index in [0.717, 1.165) is 19.5 Å². The summed E-state index contributed by atoms with van der Waals surface area (Å²) in [6.07, 6.45) is -0.727. The first-order chi connectivity index (χ1) is 9.17. The molecule has 11 radical (unpaired) electrons. The van der Waals surface area contributed by atoms with Gasteiger partial charge in [-0.2, -0.15) is 0 Å². The minimum atomic E-state index is -0.700. The summed E-state index contributed by atoms with van der Waals surface area (Å²) >= 11 is 0. The highest BCUT2D eigenvalue weighted by Gasteiger charge is 2.18. The number of carbonyl (C=O) groups is 1.